The van der Waals surface area contributed by atoms with E-state index in [1.54, 1.807) is 0 Å². The molecule has 1 radical (unpaired) electrons. The summed E-state index contributed by atoms with van der Waals surface area (Å²) in [6.45, 7) is 6.47. The van der Waals surface area contributed by atoms with Crippen molar-refractivity contribution < 1.29 is 44.4 Å². The molecule has 0 spiro atoms. The zero-order chi connectivity index (χ0) is 13.0. The van der Waals surface area contributed by atoms with Crippen molar-refractivity contribution in [2.75, 3.05) is 0 Å². The fourth-order valence-electron chi connectivity index (χ4n) is 2.21. The summed E-state index contributed by atoms with van der Waals surface area (Å²) in [6.07, 6.45) is 4.51. The van der Waals surface area contributed by atoms with Crippen LogP contribution < -0.4 is 24.0 Å². The number of benzene rings is 2. The van der Waals surface area contributed by atoms with Crippen molar-refractivity contribution in [3.8, 4) is 0 Å². The first-order valence-corrected chi connectivity index (χ1v) is 6.45. The van der Waals surface area contributed by atoms with Crippen molar-refractivity contribution in [2.45, 2.75) is 27.2 Å². The molecule has 0 aliphatic heterocycles. The maximum atomic E-state index is 3.52. The Morgan fingerprint density at radius 1 is 0.950 bits per heavy atom. The number of halogens is 1. The Morgan fingerprint density at radius 3 is 2.00 bits per heavy atom. The standard InChI is InChI=1S/C18H19.HI.Pd/c1-4-17(13-16-8-6-5-7-9-16)18-11-14(2)10-15(3)12-18;;/h5-12H,4H2,1-3H3;1H;/p-1. The van der Waals surface area contributed by atoms with Crippen molar-refractivity contribution in [2.24, 2.45) is 0 Å². The third-order valence-electron chi connectivity index (χ3n) is 2.99. The maximum absolute atomic E-state index is 3.52. The van der Waals surface area contributed by atoms with E-state index in [4.69, 9.17) is 0 Å². The van der Waals surface area contributed by atoms with Gasteiger partial charge in [0.1, 0.15) is 0 Å². The molecule has 0 saturated heterocycles. The Kier molecular flexibility index (Phi) is 9.29. The summed E-state index contributed by atoms with van der Waals surface area (Å²) in [5.74, 6) is 0. The van der Waals surface area contributed by atoms with Crippen molar-refractivity contribution in [1.82, 2.24) is 0 Å². The molecule has 0 heterocycles. The van der Waals surface area contributed by atoms with Gasteiger partial charge in [-0.2, -0.15) is 0 Å². The summed E-state index contributed by atoms with van der Waals surface area (Å²) in [7, 11) is 0. The minimum absolute atomic E-state index is 0. The molecule has 2 rings (SSSR count). The Bertz CT molecular complexity index is 539. The van der Waals surface area contributed by atoms with E-state index >= 15 is 0 Å². The van der Waals surface area contributed by atoms with Gasteiger partial charge in [-0.3, -0.25) is 0 Å². The van der Waals surface area contributed by atoms with Crippen LogP contribution in [0.2, 0.25) is 0 Å². The molecule has 0 unspecified atom stereocenters. The second-order valence-corrected chi connectivity index (χ2v) is 4.70. The second-order valence-electron chi connectivity index (χ2n) is 4.70. The van der Waals surface area contributed by atoms with Gasteiger partial charge in [-0.15, -0.1) is 0 Å². The van der Waals surface area contributed by atoms with Crippen LogP contribution in [0.1, 0.15) is 35.6 Å². The minimum atomic E-state index is 0. The summed E-state index contributed by atoms with van der Waals surface area (Å²) < 4.78 is 0. The molecule has 2 aromatic rings. The Morgan fingerprint density at radius 2 is 1.50 bits per heavy atom. The van der Waals surface area contributed by atoms with Crippen LogP contribution in [0.3, 0.4) is 0 Å². The number of rotatable bonds is 3. The van der Waals surface area contributed by atoms with Crippen LogP contribution >= 0.6 is 0 Å². The van der Waals surface area contributed by atoms with E-state index in [2.05, 4.69) is 69.3 Å². The summed E-state index contributed by atoms with van der Waals surface area (Å²) in [5, 5.41) is 0. The van der Waals surface area contributed by atoms with Crippen molar-refractivity contribution in [3.05, 3.63) is 76.9 Å². The molecule has 0 N–H and O–H groups in total. The van der Waals surface area contributed by atoms with Crippen molar-refractivity contribution in [1.29, 1.82) is 0 Å². The summed E-state index contributed by atoms with van der Waals surface area (Å²) >= 11 is 0. The second kappa shape index (κ2) is 9.50. The number of hydrogen-bond acceptors (Lipinski definition) is 0. The monoisotopic (exact) mass is 468 g/mol. The van der Waals surface area contributed by atoms with Gasteiger partial charge >= 0.3 is 0 Å². The molecule has 0 amide bonds. The zero-order valence-corrected chi connectivity index (χ0v) is 15.7. The van der Waals surface area contributed by atoms with E-state index in [1.165, 1.54) is 22.3 Å². The third kappa shape index (κ3) is 5.52. The molecule has 0 nitrogen and oxygen atoms in total. The topological polar surface area (TPSA) is 0 Å². The van der Waals surface area contributed by atoms with E-state index < -0.39 is 0 Å². The van der Waals surface area contributed by atoms with Gasteiger partial charge in [-0.05, 0) is 43.0 Å². The largest absolute Gasteiger partial charge is 1.00 e. The molecule has 109 valence electrons. The molecule has 0 bridgehead atoms. The van der Waals surface area contributed by atoms with Gasteiger partial charge < -0.3 is 24.0 Å². The van der Waals surface area contributed by atoms with Gasteiger partial charge in [0.2, 0.25) is 0 Å². The van der Waals surface area contributed by atoms with Gasteiger partial charge in [-0.25, -0.2) is 0 Å². The average Bonchev–Trinajstić information content (AvgIpc) is 2.36. The first-order valence-electron chi connectivity index (χ1n) is 6.45. The first kappa shape index (κ1) is 19.6. The van der Waals surface area contributed by atoms with Crippen LogP contribution in [0.4, 0.5) is 0 Å². The number of aryl methyl sites for hydroxylation is 2. The molecule has 20 heavy (non-hydrogen) atoms. The molecule has 0 saturated carbocycles. The summed E-state index contributed by atoms with van der Waals surface area (Å²) in [6, 6.07) is 17.0. The molecular weight excluding hydrogens is 450 g/mol. The summed E-state index contributed by atoms with van der Waals surface area (Å²) in [5.41, 5.74) is 6.33. The van der Waals surface area contributed by atoms with E-state index in [1.807, 2.05) is 6.07 Å². The fraction of sp³-hybridized carbons (Fsp3) is 0.222. The molecule has 0 fully saturated rings. The number of hydrogen-bond donors (Lipinski definition) is 0. The minimum Gasteiger partial charge on any atom is -1.00 e. The molecule has 2 heteroatoms. The van der Waals surface area contributed by atoms with Crippen LogP contribution in [0, 0.1) is 19.9 Å². The zero-order valence-electron chi connectivity index (χ0n) is 12.0. The van der Waals surface area contributed by atoms with Crippen LogP contribution in [0.15, 0.2) is 48.5 Å². The van der Waals surface area contributed by atoms with Crippen LogP contribution in [0.5, 0.6) is 0 Å². The first-order chi connectivity index (χ1) is 8.69. The van der Waals surface area contributed by atoms with Gasteiger partial charge in [-0.1, -0.05) is 66.6 Å². The van der Waals surface area contributed by atoms with Gasteiger partial charge in [0, 0.05) is 20.4 Å². The average molecular weight is 469 g/mol. The van der Waals surface area contributed by atoms with Gasteiger partial charge in [0.05, 0.1) is 0 Å². The Hall–Kier alpha value is -0.428. The smallest absolute Gasteiger partial charge is 0 e. The third-order valence-corrected chi connectivity index (χ3v) is 2.99. The maximum Gasteiger partial charge on any atom is 0 e. The van der Waals surface area contributed by atoms with E-state index in [9.17, 15) is 0 Å². The van der Waals surface area contributed by atoms with Crippen LogP contribution in [0.25, 0.3) is 5.57 Å². The molecule has 2 aromatic carbocycles. The number of allylic oxidation sites excluding steroid dienone is 1. The molecule has 0 atom stereocenters. The SMILES string of the molecule is CCC(=[C]c1ccccc1)c1cc(C)cc(C)c1.[I-].[Pd]. The van der Waals surface area contributed by atoms with E-state index in [-0.39, 0.29) is 44.4 Å². The quantitative estimate of drug-likeness (QED) is 0.367. The molecule has 0 aromatic heterocycles. The Labute approximate surface area is 153 Å². The van der Waals surface area contributed by atoms with E-state index in [0.29, 0.717) is 0 Å². The van der Waals surface area contributed by atoms with Crippen LogP contribution in [-0.2, 0) is 20.4 Å². The van der Waals surface area contributed by atoms with Crippen molar-refractivity contribution >= 4 is 5.57 Å². The molecular formula is C18H19IPd-. The fourth-order valence-corrected chi connectivity index (χ4v) is 2.21. The Balaban J connectivity index is 0.00000180. The van der Waals surface area contributed by atoms with Gasteiger partial charge in [0.25, 0.3) is 0 Å². The summed E-state index contributed by atoms with van der Waals surface area (Å²) in [4.78, 5) is 0. The predicted octanol–water partition coefficient (Wildman–Crippen LogP) is 1.95. The van der Waals surface area contributed by atoms with Crippen molar-refractivity contribution in [3.63, 3.8) is 0 Å². The van der Waals surface area contributed by atoms with Crippen LogP contribution in [-0.4, -0.2) is 0 Å². The molecule has 0 aliphatic carbocycles. The van der Waals surface area contributed by atoms with Gasteiger partial charge in [0.15, 0.2) is 0 Å². The van der Waals surface area contributed by atoms with E-state index in [0.717, 1.165) is 12.0 Å². The molecule has 0 aliphatic rings. The predicted molar refractivity (Wildman–Crippen MR) is 78.4 cm³/mol. The normalized spacial score (nSPS) is 10.4.